The maximum absolute atomic E-state index is 12.4. The van der Waals surface area contributed by atoms with Crippen molar-refractivity contribution in [1.29, 1.82) is 0 Å². The summed E-state index contributed by atoms with van der Waals surface area (Å²) in [5.41, 5.74) is 6.53. The molecule has 2 unspecified atom stereocenters. The SMILES string of the molecule is CSC(CO)C(C)NS(=O)(=O)c1cc(Cl)cc(N)c1C. The zero-order valence-electron chi connectivity index (χ0n) is 11.6. The molecule has 0 bridgehead atoms. The van der Waals surface area contributed by atoms with Gasteiger partial charge in [0.1, 0.15) is 0 Å². The Morgan fingerprint density at radius 2 is 2.10 bits per heavy atom. The summed E-state index contributed by atoms with van der Waals surface area (Å²) in [5, 5.41) is 9.26. The Bertz CT molecular complexity index is 574. The van der Waals surface area contributed by atoms with Gasteiger partial charge in [-0.25, -0.2) is 13.1 Å². The van der Waals surface area contributed by atoms with E-state index in [1.807, 2.05) is 6.26 Å². The second kappa shape index (κ2) is 7.00. The van der Waals surface area contributed by atoms with Gasteiger partial charge in [-0.1, -0.05) is 11.6 Å². The first kappa shape index (κ1) is 17.6. The van der Waals surface area contributed by atoms with Gasteiger partial charge in [-0.05, 0) is 37.8 Å². The Morgan fingerprint density at radius 1 is 1.50 bits per heavy atom. The third kappa shape index (κ3) is 4.02. The molecule has 20 heavy (non-hydrogen) atoms. The van der Waals surface area contributed by atoms with Gasteiger partial charge in [0.25, 0.3) is 0 Å². The Kier molecular flexibility index (Phi) is 6.15. The summed E-state index contributed by atoms with van der Waals surface area (Å²) < 4.78 is 27.3. The van der Waals surface area contributed by atoms with Crippen molar-refractivity contribution in [3.8, 4) is 0 Å². The molecule has 0 spiro atoms. The Labute approximate surface area is 128 Å². The highest BCUT2D eigenvalue weighted by Gasteiger charge is 2.25. The van der Waals surface area contributed by atoms with Crippen molar-refractivity contribution >= 4 is 39.1 Å². The second-order valence-electron chi connectivity index (χ2n) is 4.48. The first-order valence-electron chi connectivity index (χ1n) is 5.94. The molecule has 0 amide bonds. The van der Waals surface area contributed by atoms with Gasteiger partial charge >= 0.3 is 0 Å². The lowest BCUT2D eigenvalue weighted by atomic mass is 10.2. The maximum Gasteiger partial charge on any atom is 0.241 e. The number of hydrogen-bond acceptors (Lipinski definition) is 5. The number of anilines is 1. The van der Waals surface area contributed by atoms with E-state index in [1.54, 1.807) is 13.8 Å². The summed E-state index contributed by atoms with van der Waals surface area (Å²) in [6.45, 7) is 3.22. The first-order chi connectivity index (χ1) is 9.22. The van der Waals surface area contributed by atoms with E-state index < -0.39 is 16.1 Å². The molecular formula is C12H19ClN2O3S2. The minimum absolute atomic E-state index is 0.0622. The number of benzene rings is 1. The van der Waals surface area contributed by atoms with Crippen LogP contribution in [0.15, 0.2) is 17.0 Å². The molecule has 1 aromatic rings. The van der Waals surface area contributed by atoms with E-state index >= 15 is 0 Å². The molecule has 114 valence electrons. The van der Waals surface area contributed by atoms with Crippen LogP contribution in [0.2, 0.25) is 5.02 Å². The summed E-state index contributed by atoms with van der Waals surface area (Å²) in [4.78, 5) is 0.0622. The van der Waals surface area contributed by atoms with Crippen LogP contribution in [0.1, 0.15) is 12.5 Å². The quantitative estimate of drug-likeness (QED) is 0.685. The number of aliphatic hydroxyl groups is 1. The fourth-order valence-electron chi connectivity index (χ4n) is 1.77. The van der Waals surface area contributed by atoms with Crippen LogP contribution in [0.25, 0.3) is 0 Å². The van der Waals surface area contributed by atoms with Gasteiger partial charge in [0.05, 0.1) is 11.5 Å². The van der Waals surface area contributed by atoms with Crippen molar-refractivity contribution in [2.24, 2.45) is 0 Å². The van der Waals surface area contributed by atoms with Crippen molar-refractivity contribution in [1.82, 2.24) is 4.72 Å². The predicted octanol–water partition coefficient (Wildman–Crippen LogP) is 1.62. The van der Waals surface area contributed by atoms with Crippen LogP contribution in [0.3, 0.4) is 0 Å². The highest BCUT2D eigenvalue weighted by Crippen LogP contribution is 2.26. The van der Waals surface area contributed by atoms with Crippen LogP contribution >= 0.6 is 23.4 Å². The van der Waals surface area contributed by atoms with E-state index in [2.05, 4.69) is 4.72 Å². The second-order valence-corrected chi connectivity index (χ2v) is 7.68. The zero-order chi connectivity index (χ0) is 15.5. The number of thioether (sulfide) groups is 1. The van der Waals surface area contributed by atoms with Crippen molar-refractivity contribution < 1.29 is 13.5 Å². The number of halogens is 1. The van der Waals surface area contributed by atoms with Gasteiger partial charge in [0, 0.05) is 22.0 Å². The lowest BCUT2D eigenvalue weighted by Crippen LogP contribution is -2.41. The highest BCUT2D eigenvalue weighted by molar-refractivity contribution is 7.99. The molecule has 0 radical (unpaired) electrons. The first-order valence-corrected chi connectivity index (χ1v) is 9.09. The van der Waals surface area contributed by atoms with Crippen molar-refractivity contribution in [2.45, 2.75) is 30.0 Å². The number of hydrogen-bond donors (Lipinski definition) is 3. The molecule has 2 atom stereocenters. The van der Waals surface area contributed by atoms with Crippen LogP contribution in [0.4, 0.5) is 5.69 Å². The monoisotopic (exact) mass is 338 g/mol. The van der Waals surface area contributed by atoms with Crippen LogP contribution < -0.4 is 10.5 Å². The van der Waals surface area contributed by atoms with E-state index in [9.17, 15) is 13.5 Å². The van der Waals surface area contributed by atoms with Gasteiger partial charge in [-0.3, -0.25) is 0 Å². The van der Waals surface area contributed by atoms with Crippen LogP contribution in [-0.4, -0.2) is 37.7 Å². The fourth-order valence-corrected chi connectivity index (χ4v) is 4.36. The Balaban J connectivity index is 3.12. The number of rotatable bonds is 6. The van der Waals surface area contributed by atoms with Gasteiger partial charge in [0.15, 0.2) is 0 Å². The lowest BCUT2D eigenvalue weighted by molar-refractivity contribution is 0.282. The minimum Gasteiger partial charge on any atom is -0.398 e. The molecule has 0 aliphatic heterocycles. The summed E-state index contributed by atoms with van der Waals surface area (Å²) in [5.74, 6) is 0. The highest BCUT2D eigenvalue weighted by atomic mass is 35.5. The Hall–Kier alpha value is -0.470. The normalized spacial score (nSPS) is 15.1. The van der Waals surface area contributed by atoms with E-state index in [4.69, 9.17) is 17.3 Å². The summed E-state index contributed by atoms with van der Waals surface area (Å²) in [6, 6.07) is 2.47. The molecule has 1 aromatic carbocycles. The molecule has 0 fully saturated rings. The van der Waals surface area contributed by atoms with Crippen molar-refractivity contribution in [3.63, 3.8) is 0 Å². The zero-order valence-corrected chi connectivity index (χ0v) is 13.9. The fraction of sp³-hybridized carbons (Fsp3) is 0.500. The molecule has 8 heteroatoms. The molecule has 0 saturated carbocycles. The van der Waals surface area contributed by atoms with Gasteiger partial charge < -0.3 is 10.8 Å². The summed E-state index contributed by atoms with van der Waals surface area (Å²) in [6.07, 6.45) is 1.81. The summed E-state index contributed by atoms with van der Waals surface area (Å²) >= 11 is 7.26. The largest absolute Gasteiger partial charge is 0.398 e. The van der Waals surface area contributed by atoms with Crippen LogP contribution in [-0.2, 0) is 10.0 Å². The molecule has 0 aliphatic rings. The smallest absolute Gasteiger partial charge is 0.241 e. The molecule has 0 aliphatic carbocycles. The maximum atomic E-state index is 12.4. The lowest BCUT2D eigenvalue weighted by Gasteiger charge is -2.22. The van der Waals surface area contributed by atoms with Crippen molar-refractivity contribution in [3.05, 3.63) is 22.7 Å². The molecule has 0 heterocycles. The summed E-state index contributed by atoms with van der Waals surface area (Å²) in [7, 11) is -3.74. The number of aliphatic hydroxyl groups excluding tert-OH is 1. The number of nitrogens with two attached hydrogens (primary N) is 1. The third-order valence-corrected chi connectivity index (χ3v) is 6.10. The van der Waals surface area contributed by atoms with E-state index in [-0.39, 0.29) is 21.8 Å². The average molecular weight is 339 g/mol. The van der Waals surface area contributed by atoms with Gasteiger partial charge in [0.2, 0.25) is 10.0 Å². The van der Waals surface area contributed by atoms with E-state index in [1.165, 1.54) is 23.9 Å². The number of nitrogens with one attached hydrogen (secondary N) is 1. The molecule has 0 saturated heterocycles. The van der Waals surface area contributed by atoms with Crippen molar-refractivity contribution in [2.75, 3.05) is 18.6 Å². The van der Waals surface area contributed by atoms with Gasteiger partial charge in [-0.15, -0.1) is 0 Å². The molecule has 4 N–H and O–H groups in total. The topological polar surface area (TPSA) is 92.4 Å². The predicted molar refractivity (Wildman–Crippen MR) is 84.8 cm³/mol. The number of nitrogen functional groups attached to an aromatic ring is 1. The third-order valence-electron chi connectivity index (χ3n) is 3.04. The molecule has 5 nitrogen and oxygen atoms in total. The van der Waals surface area contributed by atoms with Gasteiger partial charge in [-0.2, -0.15) is 11.8 Å². The Morgan fingerprint density at radius 3 is 2.60 bits per heavy atom. The molecule has 1 rings (SSSR count). The van der Waals surface area contributed by atoms with Crippen LogP contribution in [0.5, 0.6) is 0 Å². The van der Waals surface area contributed by atoms with Crippen LogP contribution in [0, 0.1) is 6.92 Å². The molecule has 0 aromatic heterocycles. The van der Waals surface area contributed by atoms with E-state index in [0.717, 1.165) is 0 Å². The van der Waals surface area contributed by atoms with E-state index in [0.29, 0.717) is 11.3 Å². The minimum atomic E-state index is -3.74. The molecular weight excluding hydrogens is 320 g/mol. The number of sulfonamides is 1. The average Bonchev–Trinajstić information content (AvgIpc) is 2.34. The standard InChI is InChI=1S/C12H19ClN2O3S2/c1-7-10(14)4-9(13)5-12(7)20(17,18)15-8(2)11(6-16)19-3/h4-5,8,11,15-16H,6,14H2,1-3H3.